The summed E-state index contributed by atoms with van der Waals surface area (Å²) in [7, 11) is 0. The predicted molar refractivity (Wildman–Crippen MR) is 109 cm³/mol. The SMILES string of the molecule is O=C(O)C(c1ccc(O)cc1O)C1CC(C(c2ccc(O)cc2O)C(O)O)=C(O)C=C1O. The number of hydrogen-bond acceptors (Lipinski definition) is 9. The van der Waals surface area contributed by atoms with E-state index >= 15 is 0 Å². The van der Waals surface area contributed by atoms with Gasteiger partial charge in [-0.1, -0.05) is 12.1 Å². The zero-order chi connectivity index (χ0) is 23.7. The van der Waals surface area contributed by atoms with Crippen molar-refractivity contribution in [2.75, 3.05) is 0 Å². The van der Waals surface area contributed by atoms with Crippen LogP contribution in [0.3, 0.4) is 0 Å². The van der Waals surface area contributed by atoms with Gasteiger partial charge in [-0.25, -0.2) is 0 Å². The van der Waals surface area contributed by atoms with E-state index in [9.17, 15) is 50.8 Å². The molecule has 0 saturated carbocycles. The number of carboxylic acid groups (broad SMARTS) is 1. The van der Waals surface area contributed by atoms with Crippen LogP contribution < -0.4 is 0 Å². The minimum atomic E-state index is -2.14. The van der Waals surface area contributed by atoms with Gasteiger partial charge >= 0.3 is 5.97 Å². The zero-order valence-electron chi connectivity index (χ0n) is 16.5. The van der Waals surface area contributed by atoms with Crippen molar-refractivity contribution in [2.24, 2.45) is 5.92 Å². The summed E-state index contributed by atoms with van der Waals surface area (Å²) >= 11 is 0. The summed E-state index contributed by atoms with van der Waals surface area (Å²) in [6.45, 7) is 0. The van der Waals surface area contributed by atoms with Gasteiger partial charge < -0.3 is 46.0 Å². The van der Waals surface area contributed by atoms with E-state index in [2.05, 4.69) is 0 Å². The second-order valence-electron chi connectivity index (χ2n) is 7.48. The number of carbonyl (C=O) groups is 1. The molecule has 0 spiro atoms. The molecule has 2 aromatic rings. The number of aliphatic hydroxyl groups excluding tert-OH is 3. The van der Waals surface area contributed by atoms with Crippen molar-refractivity contribution in [2.45, 2.75) is 24.5 Å². The Bertz CT molecular complexity index is 1100. The molecule has 2 aromatic carbocycles. The van der Waals surface area contributed by atoms with Crippen molar-refractivity contribution in [1.82, 2.24) is 0 Å². The van der Waals surface area contributed by atoms with Crippen molar-refractivity contribution in [3.8, 4) is 23.0 Å². The topological polar surface area (TPSA) is 199 Å². The molecular formula is C22H22O10. The van der Waals surface area contributed by atoms with Gasteiger partial charge in [-0.3, -0.25) is 4.79 Å². The van der Waals surface area contributed by atoms with Crippen LogP contribution in [-0.2, 0) is 4.79 Å². The molecule has 3 rings (SSSR count). The number of phenols is 4. The average Bonchev–Trinajstić information content (AvgIpc) is 2.68. The van der Waals surface area contributed by atoms with Crippen LogP contribution in [0.5, 0.6) is 23.0 Å². The molecule has 10 heteroatoms. The zero-order valence-corrected chi connectivity index (χ0v) is 16.5. The van der Waals surface area contributed by atoms with E-state index < -0.39 is 53.0 Å². The van der Waals surface area contributed by atoms with Crippen LogP contribution in [0.25, 0.3) is 0 Å². The Morgan fingerprint density at radius 2 is 1.38 bits per heavy atom. The molecule has 0 saturated heterocycles. The lowest BCUT2D eigenvalue weighted by molar-refractivity contribution is -0.140. The largest absolute Gasteiger partial charge is 0.512 e. The smallest absolute Gasteiger partial charge is 0.311 e. The van der Waals surface area contributed by atoms with Gasteiger partial charge in [0.05, 0.1) is 11.8 Å². The van der Waals surface area contributed by atoms with Crippen LogP contribution in [0.1, 0.15) is 29.4 Å². The van der Waals surface area contributed by atoms with Crippen LogP contribution >= 0.6 is 0 Å². The number of hydrogen-bond donors (Lipinski definition) is 9. The van der Waals surface area contributed by atoms with Crippen LogP contribution in [0.2, 0.25) is 0 Å². The second kappa shape index (κ2) is 8.69. The molecule has 3 atom stereocenters. The Hall–Kier alpha value is -3.89. The molecule has 0 amide bonds. The number of rotatable bonds is 6. The Labute approximate surface area is 181 Å². The number of benzene rings is 2. The monoisotopic (exact) mass is 446 g/mol. The summed E-state index contributed by atoms with van der Waals surface area (Å²) in [5.74, 6) is -8.31. The van der Waals surface area contributed by atoms with E-state index in [-0.39, 0.29) is 34.6 Å². The summed E-state index contributed by atoms with van der Waals surface area (Å²) in [6.07, 6.45) is -1.65. The highest BCUT2D eigenvalue weighted by Crippen LogP contribution is 2.46. The van der Waals surface area contributed by atoms with Gasteiger partial charge in [0, 0.05) is 35.3 Å². The molecule has 0 aliphatic heterocycles. The lowest BCUT2D eigenvalue weighted by Gasteiger charge is -2.32. The first-order valence-corrected chi connectivity index (χ1v) is 9.46. The molecule has 3 unspecified atom stereocenters. The number of aliphatic hydroxyl groups is 4. The van der Waals surface area contributed by atoms with Crippen molar-refractivity contribution in [1.29, 1.82) is 0 Å². The van der Waals surface area contributed by atoms with E-state index in [0.717, 1.165) is 24.3 Å². The molecule has 32 heavy (non-hydrogen) atoms. The lowest BCUT2D eigenvalue weighted by atomic mass is 9.74. The molecule has 10 nitrogen and oxygen atoms in total. The summed E-state index contributed by atoms with van der Waals surface area (Å²) in [5.41, 5.74) is -0.268. The molecule has 1 aliphatic rings. The molecule has 0 aromatic heterocycles. The molecule has 0 bridgehead atoms. The summed E-state index contributed by atoms with van der Waals surface area (Å²) < 4.78 is 0. The molecule has 0 fully saturated rings. The van der Waals surface area contributed by atoms with Gasteiger partial charge in [0.15, 0.2) is 6.29 Å². The standard InChI is InChI=1S/C22H22O10/c23-9-1-3-11(15(25)5-9)19(21(29)30)13-7-14(18(28)8-17(13)27)20(22(31)32)12-4-2-10(24)6-16(12)26/h1-6,8,13,19-20,22-28,31-32H,7H2,(H,29,30). The summed E-state index contributed by atoms with van der Waals surface area (Å²) in [5, 5.41) is 90.0. The first kappa shape index (κ1) is 22.8. The Balaban J connectivity index is 2.09. The maximum absolute atomic E-state index is 12.1. The second-order valence-corrected chi connectivity index (χ2v) is 7.48. The first-order chi connectivity index (χ1) is 15.0. The van der Waals surface area contributed by atoms with Gasteiger partial charge in [0.2, 0.25) is 0 Å². The fourth-order valence-electron chi connectivity index (χ4n) is 4.00. The quantitative estimate of drug-likeness (QED) is 0.296. The van der Waals surface area contributed by atoms with Gasteiger partial charge in [0.25, 0.3) is 0 Å². The minimum absolute atomic E-state index is 0.0627. The average molecular weight is 446 g/mol. The molecule has 170 valence electrons. The third-order valence-electron chi connectivity index (χ3n) is 5.47. The van der Waals surface area contributed by atoms with E-state index in [1.165, 1.54) is 18.2 Å². The molecule has 9 N–H and O–H groups in total. The fraction of sp³-hybridized carbons (Fsp3) is 0.227. The normalized spacial score (nSPS) is 18.3. The highest BCUT2D eigenvalue weighted by molar-refractivity contribution is 5.78. The van der Waals surface area contributed by atoms with E-state index in [1.54, 1.807) is 0 Å². The van der Waals surface area contributed by atoms with Crippen molar-refractivity contribution in [3.05, 3.63) is 70.7 Å². The highest BCUT2D eigenvalue weighted by Gasteiger charge is 2.41. The Morgan fingerprint density at radius 3 is 1.84 bits per heavy atom. The van der Waals surface area contributed by atoms with E-state index in [1.807, 2.05) is 0 Å². The number of aliphatic carboxylic acids is 1. The Morgan fingerprint density at radius 1 is 0.844 bits per heavy atom. The Kier molecular flexibility index (Phi) is 6.19. The van der Waals surface area contributed by atoms with Gasteiger partial charge in [-0.05, 0) is 24.1 Å². The fourth-order valence-corrected chi connectivity index (χ4v) is 4.00. The third-order valence-corrected chi connectivity index (χ3v) is 5.47. The molecule has 0 heterocycles. The van der Waals surface area contributed by atoms with Gasteiger partial charge in [-0.15, -0.1) is 0 Å². The number of allylic oxidation sites excluding steroid dienone is 2. The summed E-state index contributed by atoms with van der Waals surface area (Å²) in [6, 6.07) is 6.64. The molecular weight excluding hydrogens is 424 g/mol. The van der Waals surface area contributed by atoms with Crippen LogP contribution in [0.4, 0.5) is 0 Å². The van der Waals surface area contributed by atoms with Crippen molar-refractivity contribution in [3.63, 3.8) is 0 Å². The van der Waals surface area contributed by atoms with Crippen LogP contribution in [-0.4, -0.2) is 58.2 Å². The number of carboxylic acids is 1. The van der Waals surface area contributed by atoms with Crippen molar-refractivity contribution < 1.29 is 50.8 Å². The van der Waals surface area contributed by atoms with Crippen molar-refractivity contribution >= 4 is 5.97 Å². The van der Waals surface area contributed by atoms with E-state index in [4.69, 9.17) is 0 Å². The maximum Gasteiger partial charge on any atom is 0.311 e. The van der Waals surface area contributed by atoms with Crippen LogP contribution in [0, 0.1) is 5.92 Å². The number of phenolic OH excluding ortho intramolecular Hbond substituents is 4. The maximum atomic E-state index is 12.1. The summed E-state index contributed by atoms with van der Waals surface area (Å²) in [4.78, 5) is 12.1. The van der Waals surface area contributed by atoms with E-state index in [0.29, 0.717) is 0 Å². The highest BCUT2D eigenvalue weighted by atomic mass is 16.5. The van der Waals surface area contributed by atoms with Gasteiger partial charge in [0.1, 0.15) is 34.5 Å². The third kappa shape index (κ3) is 4.27. The predicted octanol–water partition coefficient (Wildman–Crippen LogP) is 2.05. The van der Waals surface area contributed by atoms with Gasteiger partial charge in [-0.2, -0.15) is 0 Å². The lowest BCUT2D eigenvalue weighted by Crippen LogP contribution is -2.30. The molecule has 1 aliphatic carbocycles. The minimum Gasteiger partial charge on any atom is -0.512 e. The number of aromatic hydroxyl groups is 4. The first-order valence-electron chi connectivity index (χ1n) is 9.46. The van der Waals surface area contributed by atoms with Crippen LogP contribution in [0.15, 0.2) is 59.6 Å². The molecule has 0 radical (unpaired) electrons.